The number of aromatic nitrogens is 3. The van der Waals surface area contributed by atoms with Crippen molar-refractivity contribution in [1.29, 1.82) is 0 Å². The lowest BCUT2D eigenvalue weighted by Gasteiger charge is -2.14. The SMILES string of the molecule is CCn1ncnc1CC(C)(O)C=O. The maximum atomic E-state index is 10.4. The third-order valence-corrected chi connectivity index (χ3v) is 1.77. The molecule has 0 aromatic carbocycles. The maximum Gasteiger partial charge on any atom is 0.151 e. The van der Waals surface area contributed by atoms with Crippen LogP contribution in [0.2, 0.25) is 0 Å². The van der Waals surface area contributed by atoms with E-state index in [0.717, 1.165) is 0 Å². The molecule has 5 nitrogen and oxygen atoms in total. The van der Waals surface area contributed by atoms with E-state index >= 15 is 0 Å². The summed E-state index contributed by atoms with van der Waals surface area (Å²) in [4.78, 5) is 14.4. The van der Waals surface area contributed by atoms with Crippen LogP contribution >= 0.6 is 0 Å². The van der Waals surface area contributed by atoms with Crippen molar-refractivity contribution >= 4 is 6.29 Å². The Hall–Kier alpha value is -1.23. The predicted molar refractivity (Wildman–Crippen MR) is 46.1 cm³/mol. The van der Waals surface area contributed by atoms with Gasteiger partial charge in [-0.15, -0.1) is 0 Å². The molecule has 0 aliphatic heterocycles. The highest BCUT2D eigenvalue weighted by atomic mass is 16.3. The van der Waals surface area contributed by atoms with Crippen LogP contribution in [0.15, 0.2) is 6.33 Å². The summed E-state index contributed by atoms with van der Waals surface area (Å²) in [5, 5.41) is 13.4. The Kier molecular flexibility index (Phi) is 2.77. The van der Waals surface area contributed by atoms with E-state index in [1.807, 2.05) is 6.92 Å². The van der Waals surface area contributed by atoms with Gasteiger partial charge in [0, 0.05) is 13.0 Å². The molecule has 1 unspecified atom stereocenters. The van der Waals surface area contributed by atoms with E-state index in [2.05, 4.69) is 10.1 Å². The summed E-state index contributed by atoms with van der Waals surface area (Å²) in [5.41, 5.74) is -1.35. The Bertz CT molecular complexity index is 293. The van der Waals surface area contributed by atoms with Gasteiger partial charge in [-0.05, 0) is 13.8 Å². The molecule has 0 spiro atoms. The van der Waals surface area contributed by atoms with Gasteiger partial charge in [-0.2, -0.15) is 5.10 Å². The third kappa shape index (κ3) is 2.35. The Morgan fingerprint density at radius 2 is 2.46 bits per heavy atom. The van der Waals surface area contributed by atoms with Crippen molar-refractivity contribution in [3.8, 4) is 0 Å². The topological polar surface area (TPSA) is 68.0 Å². The number of hydrogen-bond donors (Lipinski definition) is 1. The molecule has 5 heteroatoms. The van der Waals surface area contributed by atoms with Gasteiger partial charge in [0.15, 0.2) is 6.29 Å². The average molecular weight is 183 g/mol. The predicted octanol–water partition coefficient (Wildman–Crippen LogP) is -0.210. The lowest BCUT2D eigenvalue weighted by Crippen LogP contribution is -2.30. The van der Waals surface area contributed by atoms with Crippen LogP contribution in [0, 0.1) is 0 Å². The van der Waals surface area contributed by atoms with Gasteiger partial charge >= 0.3 is 0 Å². The molecule has 13 heavy (non-hydrogen) atoms. The fourth-order valence-corrected chi connectivity index (χ4v) is 1.05. The van der Waals surface area contributed by atoms with Gasteiger partial charge in [-0.3, -0.25) is 4.68 Å². The smallest absolute Gasteiger partial charge is 0.151 e. The first-order chi connectivity index (χ1) is 6.09. The number of hydrogen-bond acceptors (Lipinski definition) is 4. The molecule has 1 aromatic heterocycles. The van der Waals surface area contributed by atoms with Crippen molar-refractivity contribution in [3.63, 3.8) is 0 Å². The molecule has 1 aromatic rings. The summed E-state index contributed by atoms with van der Waals surface area (Å²) in [6.45, 7) is 4.06. The summed E-state index contributed by atoms with van der Waals surface area (Å²) in [7, 11) is 0. The van der Waals surface area contributed by atoms with Gasteiger partial charge in [-0.1, -0.05) is 0 Å². The maximum absolute atomic E-state index is 10.4. The van der Waals surface area contributed by atoms with E-state index < -0.39 is 5.60 Å². The lowest BCUT2D eigenvalue weighted by atomic mass is 10.0. The average Bonchev–Trinajstić information content (AvgIpc) is 2.51. The van der Waals surface area contributed by atoms with Crippen molar-refractivity contribution in [2.24, 2.45) is 0 Å². The number of rotatable bonds is 4. The molecular weight excluding hydrogens is 170 g/mol. The van der Waals surface area contributed by atoms with Crippen LogP contribution in [-0.2, 0) is 17.8 Å². The highest BCUT2D eigenvalue weighted by Gasteiger charge is 2.22. The molecule has 1 N–H and O–H groups in total. The highest BCUT2D eigenvalue weighted by Crippen LogP contribution is 2.07. The van der Waals surface area contributed by atoms with E-state index in [4.69, 9.17) is 0 Å². The molecule has 72 valence electrons. The molecule has 1 atom stereocenters. The van der Waals surface area contributed by atoms with Crippen molar-refractivity contribution in [2.75, 3.05) is 0 Å². The molecule has 1 rings (SSSR count). The van der Waals surface area contributed by atoms with Crippen LogP contribution in [0.25, 0.3) is 0 Å². The summed E-state index contributed by atoms with van der Waals surface area (Å²) in [5.74, 6) is 0.625. The Morgan fingerprint density at radius 1 is 1.77 bits per heavy atom. The molecule has 0 fully saturated rings. The second kappa shape index (κ2) is 3.66. The monoisotopic (exact) mass is 183 g/mol. The number of aldehydes is 1. The fourth-order valence-electron chi connectivity index (χ4n) is 1.05. The molecule has 0 radical (unpaired) electrons. The van der Waals surface area contributed by atoms with Crippen molar-refractivity contribution < 1.29 is 9.90 Å². The van der Waals surface area contributed by atoms with E-state index in [0.29, 0.717) is 18.7 Å². The number of aryl methyl sites for hydroxylation is 1. The fraction of sp³-hybridized carbons (Fsp3) is 0.625. The molecule has 0 aliphatic rings. The van der Waals surface area contributed by atoms with E-state index in [1.165, 1.54) is 13.3 Å². The van der Waals surface area contributed by atoms with Gasteiger partial charge in [0.2, 0.25) is 0 Å². The second-order valence-electron chi connectivity index (χ2n) is 3.14. The van der Waals surface area contributed by atoms with Crippen LogP contribution in [0.1, 0.15) is 19.7 Å². The highest BCUT2D eigenvalue weighted by molar-refractivity contribution is 5.61. The van der Waals surface area contributed by atoms with Gasteiger partial charge in [0.1, 0.15) is 17.8 Å². The minimum absolute atomic E-state index is 0.199. The quantitative estimate of drug-likeness (QED) is 0.656. The third-order valence-electron chi connectivity index (χ3n) is 1.77. The number of aliphatic hydroxyl groups is 1. The minimum Gasteiger partial charge on any atom is -0.382 e. The van der Waals surface area contributed by atoms with E-state index in [-0.39, 0.29) is 6.42 Å². The van der Waals surface area contributed by atoms with Crippen LogP contribution in [0.3, 0.4) is 0 Å². The lowest BCUT2D eigenvalue weighted by molar-refractivity contribution is -0.122. The minimum atomic E-state index is -1.35. The van der Waals surface area contributed by atoms with Crippen LogP contribution in [0.5, 0.6) is 0 Å². The first-order valence-corrected chi connectivity index (χ1v) is 4.14. The standard InChI is InChI=1S/C8H13N3O2/c1-3-11-7(9-6-10-11)4-8(2,13)5-12/h5-6,13H,3-4H2,1-2H3. The summed E-state index contributed by atoms with van der Waals surface area (Å²) >= 11 is 0. The summed E-state index contributed by atoms with van der Waals surface area (Å²) in [6, 6.07) is 0. The normalized spacial score (nSPS) is 15.3. The molecule has 0 bridgehead atoms. The zero-order chi connectivity index (χ0) is 9.90. The zero-order valence-corrected chi connectivity index (χ0v) is 7.77. The van der Waals surface area contributed by atoms with Crippen LogP contribution in [0.4, 0.5) is 0 Å². The van der Waals surface area contributed by atoms with Crippen molar-refractivity contribution in [1.82, 2.24) is 14.8 Å². The largest absolute Gasteiger partial charge is 0.382 e. The molecule has 1 heterocycles. The number of nitrogens with zero attached hydrogens (tertiary/aromatic N) is 3. The zero-order valence-electron chi connectivity index (χ0n) is 7.77. The summed E-state index contributed by atoms with van der Waals surface area (Å²) in [6.07, 6.45) is 2.13. The molecule has 0 aliphatic carbocycles. The molecule has 0 saturated carbocycles. The van der Waals surface area contributed by atoms with E-state index in [9.17, 15) is 9.90 Å². The van der Waals surface area contributed by atoms with E-state index in [1.54, 1.807) is 4.68 Å². The summed E-state index contributed by atoms with van der Waals surface area (Å²) < 4.78 is 1.65. The molecule has 0 saturated heterocycles. The van der Waals surface area contributed by atoms with Gasteiger partial charge in [0.05, 0.1) is 0 Å². The van der Waals surface area contributed by atoms with Gasteiger partial charge in [-0.25, -0.2) is 4.98 Å². The Balaban J connectivity index is 2.79. The molecular formula is C8H13N3O2. The van der Waals surface area contributed by atoms with Gasteiger partial charge in [0.25, 0.3) is 0 Å². The Morgan fingerprint density at radius 3 is 3.00 bits per heavy atom. The first kappa shape index (κ1) is 9.85. The second-order valence-corrected chi connectivity index (χ2v) is 3.14. The number of carbonyl (C=O) groups is 1. The van der Waals surface area contributed by atoms with Crippen LogP contribution in [-0.4, -0.2) is 31.8 Å². The van der Waals surface area contributed by atoms with Gasteiger partial charge < -0.3 is 9.90 Å². The van der Waals surface area contributed by atoms with Crippen molar-refractivity contribution in [3.05, 3.63) is 12.2 Å². The van der Waals surface area contributed by atoms with Crippen LogP contribution < -0.4 is 0 Å². The first-order valence-electron chi connectivity index (χ1n) is 4.14. The number of carbonyl (C=O) groups excluding carboxylic acids is 1. The van der Waals surface area contributed by atoms with Crippen molar-refractivity contribution in [2.45, 2.75) is 32.4 Å². The Labute approximate surface area is 76.4 Å². The molecule has 0 amide bonds.